The van der Waals surface area contributed by atoms with Crippen molar-refractivity contribution < 1.29 is 14.3 Å². The fourth-order valence-corrected chi connectivity index (χ4v) is 3.78. The molecule has 1 aromatic carbocycles. The van der Waals surface area contributed by atoms with Crippen molar-refractivity contribution >= 4 is 23.5 Å². The summed E-state index contributed by atoms with van der Waals surface area (Å²) in [5.74, 6) is 1.59. The number of ether oxygens (including phenoxy) is 1. The summed E-state index contributed by atoms with van der Waals surface area (Å²) in [5, 5.41) is 2.85. The Hall–Kier alpha value is -2.57. The first-order chi connectivity index (χ1) is 12.9. The van der Waals surface area contributed by atoms with E-state index >= 15 is 0 Å². The maximum absolute atomic E-state index is 12.1. The molecule has 3 aliphatic rings. The van der Waals surface area contributed by atoms with Gasteiger partial charge in [0.1, 0.15) is 11.3 Å². The largest absolute Gasteiger partial charge is 0.494 e. The van der Waals surface area contributed by atoms with Crippen LogP contribution < -0.4 is 10.1 Å². The maximum Gasteiger partial charge on any atom is 0.252 e. The smallest absolute Gasteiger partial charge is 0.252 e. The van der Waals surface area contributed by atoms with E-state index in [0.29, 0.717) is 32.0 Å². The zero-order valence-electron chi connectivity index (χ0n) is 16.0. The summed E-state index contributed by atoms with van der Waals surface area (Å²) in [6.45, 7) is 6.72. The molecule has 0 saturated carbocycles. The van der Waals surface area contributed by atoms with Crippen LogP contribution in [-0.2, 0) is 16.1 Å². The molecule has 0 atom stereocenters. The molecule has 3 aliphatic heterocycles. The van der Waals surface area contributed by atoms with Crippen molar-refractivity contribution in [3.05, 3.63) is 23.8 Å². The highest BCUT2D eigenvalue weighted by molar-refractivity contribution is 6.09. The Morgan fingerprint density at radius 3 is 2.85 bits per heavy atom. The van der Waals surface area contributed by atoms with Gasteiger partial charge in [-0.15, -0.1) is 0 Å². The van der Waals surface area contributed by atoms with Crippen LogP contribution in [0.15, 0.2) is 23.2 Å². The predicted molar refractivity (Wildman–Crippen MR) is 102 cm³/mol. The molecule has 3 heterocycles. The van der Waals surface area contributed by atoms with Crippen molar-refractivity contribution in [1.29, 1.82) is 0 Å². The Kier molecular flexibility index (Phi) is 4.53. The first-order valence-corrected chi connectivity index (χ1v) is 9.66. The van der Waals surface area contributed by atoms with E-state index in [-0.39, 0.29) is 11.8 Å². The summed E-state index contributed by atoms with van der Waals surface area (Å²) >= 11 is 0. The van der Waals surface area contributed by atoms with Crippen LogP contribution in [0.1, 0.15) is 45.1 Å². The van der Waals surface area contributed by atoms with Crippen LogP contribution >= 0.6 is 0 Å². The number of benzene rings is 1. The van der Waals surface area contributed by atoms with Crippen LogP contribution in [0, 0.1) is 0 Å². The second-order valence-corrected chi connectivity index (χ2v) is 7.87. The molecule has 7 nitrogen and oxygen atoms in total. The average Bonchev–Trinajstić information content (AvgIpc) is 3.25. The van der Waals surface area contributed by atoms with Crippen molar-refractivity contribution in [3.8, 4) is 5.75 Å². The highest BCUT2D eigenvalue weighted by atomic mass is 16.5. The Labute approximate surface area is 159 Å². The van der Waals surface area contributed by atoms with Crippen molar-refractivity contribution in [3.63, 3.8) is 0 Å². The molecule has 0 aromatic heterocycles. The lowest BCUT2D eigenvalue weighted by Gasteiger charge is -2.32. The Balaban J connectivity index is 1.34. The molecule has 2 saturated heterocycles. The van der Waals surface area contributed by atoms with Gasteiger partial charge < -0.3 is 14.5 Å². The highest BCUT2D eigenvalue weighted by Gasteiger charge is 2.45. The van der Waals surface area contributed by atoms with Gasteiger partial charge in [-0.05, 0) is 51.3 Å². The Morgan fingerprint density at radius 2 is 2.07 bits per heavy atom. The van der Waals surface area contributed by atoms with Crippen LogP contribution in [0.2, 0.25) is 0 Å². The van der Waals surface area contributed by atoms with E-state index in [1.165, 1.54) is 0 Å². The lowest BCUT2D eigenvalue weighted by Crippen LogP contribution is -2.44. The number of carbonyl (C=O) groups is 2. The van der Waals surface area contributed by atoms with E-state index < -0.39 is 5.54 Å². The first-order valence-electron chi connectivity index (χ1n) is 9.66. The van der Waals surface area contributed by atoms with E-state index in [4.69, 9.17) is 4.74 Å². The molecule has 4 rings (SSSR count). The van der Waals surface area contributed by atoms with Crippen LogP contribution in [0.25, 0.3) is 0 Å². The fraction of sp³-hybridized carbons (Fsp3) is 0.550. The molecule has 0 aliphatic carbocycles. The number of amides is 2. The molecule has 0 radical (unpaired) electrons. The summed E-state index contributed by atoms with van der Waals surface area (Å²) in [4.78, 5) is 32.7. The van der Waals surface area contributed by atoms with E-state index in [2.05, 4.69) is 10.3 Å². The maximum atomic E-state index is 12.1. The van der Waals surface area contributed by atoms with Gasteiger partial charge in [0.2, 0.25) is 11.9 Å². The number of aliphatic imine (C=N–C) groups is 1. The van der Waals surface area contributed by atoms with Crippen LogP contribution in [0.5, 0.6) is 5.75 Å². The molecular weight excluding hydrogens is 344 g/mol. The molecule has 0 unspecified atom stereocenters. The summed E-state index contributed by atoms with van der Waals surface area (Å²) in [5.41, 5.74) is 1.29. The predicted octanol–water partition coefficient (Wildman–Crippen LogP) is 2.18. The number of likely N-dealkylation sites (tertiary alicyclic amines) is 1. The first kappa shape index (κ1) is 17.8. The number of nitrogens with one attached hydrogen (secondary N) is 1. The van der Waals surface area contributed by atoms with E-state index in [1.54, 1.807) is 0 Å². The standard InChI is InChI=1S/C20H26N4O3/c1-20(2)18(26)22-19-21-16-8-7-15(12-14(16)13-24(19)20)27-11-5-6-17(25)23-9-3-4-10-23/h7-8,12H,3-6,9-11,13H2,1-2H3,(H,21,22,26). The van der Waals surface area contributed by atoms with E-state index in [9.17, 15) is 9.59 Å². The SMILES string of the molecule is CC1(C)C(=O)NC2=Nc3ccc(OCCCC(=O)N4CCCC4)cc3CN21. The van der Waals surface area contributed by atoms with Gasteiger partial charge >= 0.3 is 0 Å². The van der Waals surface area contributed by atoms with Gasteiger partial charge in [0.25, 0.3) is 5.91 Å². The van der Waals surface area contributed by atoms with Gasteiger partial charge in [0.15, 0.2) is 0 Å². The lowest BCUT2D eigenvalue weighted by atomic mass is 10.0. The Morgan fingerprint density at radius 1 is 1.30 bits per heavy atom. The third kappa shape index (κ3) is 3.38. The van der Waals surface area contributed by atoms with E-state index in [1.807, 2.05) is 41.8 Å². The number of guanidine groups is 1. The Bertz CT molecular complexity index is 796. The second-order valence-electron chi connectivity index (χ2n) is 7.87. The molecule has 144 valence electrons. The normalized spacial score (nSPS) is 20.1. The van der Waals surface area contributed by atoms with Gasteiger partial charge in [0.05, 0.1) is 12.3 Å². The van der Waals surface area contributed by atoms with Crippen molar-refractivity contribution in [1.82, 2.24) is 15.1 Å². The third-order valence-electron chi connectivity index (χ3n) is 5.58. The summed E-state index contributed by atoms with van der Waals surface area (Å²) in [6.07, 6.45) is 3.49. The third-order valence-corrected chi connectivity index (χ3v) is 5.58. The molecule has 2 amide bonds. The number of nitrogens with zero attached hydrogens (tertiary/aromatic N) is 3. The molecular formula is C20H26N4O3. The zero-order valence-corrected chi connectivity index (χ0v) is 16.0. The van der Waals surface area contributed by atoms with Gasteiger partial charge in [-0.1, -0.05) is 0 Å². The minimum Gasteiger partial charge on any atom is -0.494 e. The zero-order chi connectivity index (χ0) is 19.0. The van der Waals surface area contributed by atoms with Crippen molar-refractivity contribution in [2.24, 2.45) is 4.99 Å². The molecule has 0 bridgehead atoms. The van der Waals surface area contributed by atoms with Crippen LogP contribution in [-0.4, -0.2) is 52.8 Å². The topological polar surface area (TPSA) is 74.2 Å². The minimum absolute atomic E-state index is 0.0341. The molecule has 1 N–H and O–H groups in total. The molecule has 1 aromatic rings. The summed E-state index contributed by atoms with van der Waals surface area (Å²) < 4.78 is 5.85. The van der Waals surface area contributed by atoms with Gasteiger partial charge in [0, 0.05) is 31.6 Å². The molecule has 27 heavy (non-hydrogen) atoms. The molecule has 0 spiro atoms. The van der Waals surface area contributed by atoms with Crippen LogP contribution in [0.4, 0.5) is 5.69 Å². The van der Waals surface area contributed by atoms with Crippen LogP contribution in [0.3, 0.4) is 0 Å². The number of hydrogen-bond donors (Lipinski definition) is 1. The monoisotopic (exact) mass is 370 g/mol. The number of carbonyl (C=O) groups excluding carboxylic acids is 2. The second kappa shape index (κ2) is 6.87. The van der Waals surface area contributed by atoms with Gasteiger partial charge in [-0.25, -0.2) is 4.99 Å². The summed E-state index contributed by atoms with van der Waals surface area (Å²) in [6, 6.07) is 5.79. The van der Waals surface area contributed by atoms with Gasteiger partial charge in [-0.3, -0.25) is 14.9 Å². The van der Waals surface area contributed by atoms with Crippen molar-refractivity contribution in [2.75, 3.05) is 19.7 Å². The number of fused-ring (bicyclic) bond motifs is 2. The fourth-order valence-electron chi connectivity index (χ4n) is 3.78. The van der Waals surface area contributed by atoms with Crippen molar-refractivity contribution in [2.45, 2.75) is 51.6 Å². The number of hydrogen-bond acceptors (Lipinski definition) is 5. The minimum atomic E-state index is -0.608. The highest BCUT2D eigenvalue weighted by Crippen LogP contribution is 2.34. The molecule has 2 fully saturated rings. The van der Waals surface area contributed by atoms with Gasteiger partial charge in [-0.2, -0.15) is 0 Å². The van der Waals surface area contributed by atoms with E-state index in [0.717, 1.165) is 42.9 Å². The quantitative estimate of drug-likeness (QED) is 0.806. The lowest BCUT2D eigenvalue weighted by molar-refractivity contribution is -0.130. The number of rotatable bonds is 5. The average molecular weight is 370 g/mol. The summed E-state index contributed by atoms with van der Waals surface area (Å²) in [7, 11) is 0. The molecule has 7 heteroatoms.